The average molecular weight is 377 g/mol. The molecule has 2 amide bonds. The molecule has 146 valence electrons. The van der Waals surface area contributed by atoms with Crippen LogP contribution >= 0.6 is 0 Å². The van der Waals surface area contributed by atoms with Gasteiger partial charge in [0.25, 0.3) is 0 Å². The molecular weight excluding hydrogens is 350 g/mol. The lowest BCUT2D eigenvalue weighted by atomic mass is 10.1. The average Bonchev–Trinajstić information content (AvgIpc) is 2.72. The van der Waals surface area contributed by atoms with Crippen molar-refractivity contribution in [1.29, 1.82) is 0 Å². The fourth-order valence-corrected chi connectivity index (χ4v) is 3.06. The molecule has 1 unspecified atom stereocenters. The molecule has 0 aliphatic heterocycles. The maximum atomic E-state index is 12.1. The van der Waals surface area contributed by atoms with E-state index < -0.39 is 0 Å². The predicted molar refractivity (Wildman–Crippen MR) is 115 cm³/mol. The Morgan fingerprint density at radius 3 is 2.46 bits per heavy atom. The van der Waals surface area contributed by atoms with E-state index in [1.165, 1.54) is 5.56 Å². The summed E-state index contributed by atoms with van der Waals surface area (Å²) in [5.41, 5.74) is 2.13. The zero-order valence-corrected chi connectivity index (χ0v) is 16.4. The van der Waals surface area contributed by atoms with E-state index in [4.69, 9.17) is 0 Å². The Hall–Kier alpha value is -3.12. The lowest BCUT2D eigenvalue weighted by Crippen LogP contribution is -2.41. The number of benzene rings is 2. The van der Waals surface area contributed by atoms with Crippen LogP contribution in [0.25, 0.3) is 10.9 Å². The molecule has 0 spiro atoms. The van der Waals surface area contributed by atoms with Crippen molar-refractivity contribution >= 4 is 22.8 Å². The van der Waals surface area contributed by atoms with Gasteiger partial charge in [-0.05, 0) is 37.9 Å². The van der Waals surface area contributed by atoms with Gasteiger partial charge >= 0.3 is 6.03 Å². The molecule has 1 heterocycles. The van der Waals surface area contributed by atoms with Gasteiger partial charge < -0.3 is 20.9 Å². The van der Waals surface area contributed by atoms with Crippen LogP contribution in [0.5, 0.6) is 0 Å². The molecule has 0 aliphatic rings. The Morgan fingerprint density at radius 1 is 0.929 bits per heavy atom. The molecule has 1 aromatic heterocycles. The summed E-state index contributed by atoms with van der Waals surface area (Å²) in [5, 5.41) is 10.2. The smallest absolute Gasteiger partial charge is 0.314 e. The fourth-order valence-electron chi connectivity index (χ4n) is 3.06. The molecule has 6 nitrogen and oxygen atoms in total. The monoisotopic (exact) mass is 377 g/mol. The Kier molecular flexibility index (Phi) is 6.81. The quantitative estimate of drug-likeness (QED) is 0.527. The summed E-state index contributed by atoms with van der Waals surface area (Å²) >= 11 is 0. The van der Waals surface area contributed by atoms with Gasteiger partial charge in [0.2, 0.25) is 0 Å². The normalized spacial score (nSPS) is 12.0. The molecule has 0 radical (unpaired) electrons. The summed E-state index contributed by atoms with van der Waals surface area (Å²) in [6.45, 7) is 1.66. The van der Waals surface area contributed by atoms with Crippen LogP contribution in [0.4, 0.5) is 10.6 Å². The first kappa shape index (κ1) is 19.6. The Morgan fingerprint density at radius 2 is 1.68 bits per heavy atom. The summed E-state index contributed by atoms with van der Waals surface area (Å²) in [4.78, 5) is 18.8. The molecule has 0 fully saturated rings. The number of rotatable bonds is 8. The highest BCUT2D eigenvalue weighted by Crippen LogP contribution is 2.16. The minimum atomic E-state index is -0.170. The van der Waals surface area contributed by atoms with E-state index in [0.29, 0.717) is 19.6 Å². The second-order valence-electron chi connectivity index (χ2n) is 6.84. The SMILES string of the molecule is CN(C)C(CNC(=O)NCCNc1ccc2ccccc2n1)c1ccccc1. The van der Waals surface area contributed by atoms with E-state index in [2.05, 4.69) is 38.0 Å². The van der Waals surface area contributed by atoms with Crippen LogP contribution in [0.3, 0.4) is 0 Å². The lowest BCUT2D eigenvalue weighted by Gasteiger charge is -2.25. The number of carbonyl (C=O) groups is 1. The van der Waals surface area contributed by atoms with Gasteiger partial charge in [0.1, 0.15) is 5.82 Å². The van der Waals surface area contributed by atoms with E-state index in [1.807, 2.05) is 68.7 Å². The summed E-state index contributed by atoms with van der Waals surface area (Å²) in [6, 6.07) is 22.1. The van der Waals surface area contributed by atoms with Crippen molar-refractivity contribution in [3.05, 3.63) is 72.3 Å². The number of hydrogen-bond acceptors (Lipinski definition) is 4. The predicted octanol–water partition coefficient (Wildman–Crippen LogP) is 3.25. The first-order valence-electron chi connectivity index (χ1n) is 9.46. The minimum absolute atomic E-state index is 0.131. The van der Waals surface area contributed by atoms with Gasteiger partial charge in [-0.15, -0.1) is 0 Å². The number of pyridine rings is 1. The van der Waals surface area contributed by atoms with Crippen LogP contribution in [0.1, 0.15) is 11.6 Å². The molecule has 1 atom stereocenters. The first-order valence-corrected chi connectivity index (χ1v) is 9.46. The van der Waals surface area contributed by atoms with Gasteiger partial charge in [0.15, 0.2) is 0 Å². The number of anilines is 1. The number of urea groups is 1. The molecule has 0 bridgehead atoms. The highest BCUT2D eigenvalue weighted by atomic mass is 16.2. The molecule has 3 aromatic rings. The van der Waals surface area contributed by atoms with Crippen LogP contribution in [0.2, 0.25) is 0 Å². The molecule has 2 aromatic carbocycles. The van der Waals surface area contributed by atoms with Crippen molar-refractivity contribution in [2.24, 2.45) is 0 Å². The van der Waals surface area contributed by atoms with E-state index in [-0.39, 0.29) is 12.1 Å². The standard InChI is InChI=1S/C22H27N5O/c1-27(2)20(18-9-4-3-5-10-18)16-25-22(28)24-15-14-23-21-13-12-17-8-6-7-11-19(17)26-21/h3-13,20H,14-16H2,1-2H3,(H,23,26)(H2,24,25,28). The Balaban J connectivity index is 1.41. The molecule has 0 aliphatic carbocycles. The van der Waals surface area contributed by atoms with Gasteiger partial charge in [-0.25, -0.2) is 9.78 Å². The second kappa shape index (κ2) is 9.71. The number of nitrogens with one attached hydrogen (secondary N) is 3. The molecule has 0 saturated carbocycles. The maximum absolute atomic E-state index is 12.1. The van der Waals surface area contributed by atoms with Crippen molar-refractivity contribution in [1.82, 2.24) is 20.5 Å². The third-order valence-electron chi connectivity index (χ3n) is 4.58. The molecule has 3 rings (SSSR count). The summed E-state index contributed by atoms with van der Waals surface area (Å²) in [7, 11) is 4.02. The summed E-state index contributed by atoms with van der Waals surface area (Å²) in [6.07, 6.45) is 0. The largest absolute Gasteiger partial charge is 0.368 e. The van der Waals surface area contributed by atoms with Crippen molar-refractivity contribution in [3.63, 3.8) is 0 Å². The van der Waals surface area contributed by atoms with Crippen LogP contribution in [0, 0.1) is 0 Å². The van der Waals surface area contributed by atoms with Gasteiger partial charge in [-0.1, -0.05) is 48.5 Å². The number of carbonyl (C=O) groups excluding carboxylic acids is 1. The van der Waals surface area contributed by atoms with E-state index in [9.17, 15) is 4.79 Å². The van der Waals surface area contributed by atoms with E-state index in [0.717, 1.165) is 16.7 Å². The highest BCUT2D eigenvalue weighted by Gasteiger charge is 2.14. The van der Waals surface area contributed by atoms with Crippen LogP contribution in [-0.4, -0.2) is 49.6 Å². The number of fused-ring (bicyclic) bond motifs is 1. The summed E-state index contributed by atoms with van der Waals surface area (Å²) in [5.74, 6) is 0.803. The molecule has 28 heavy (non-hydrogen) atoms. The van der Waals surface area contributed by atoms with Crippen LogP contribution in [0.15, 0.2) is 66.7 Å². The number of aromatic nitrogens is 1. The second-order valence-corrected chi connectivity index (χ2v) is 6.84. The Bertz CT molecular complexity index is 898. The molecule has 0 saturated heterocycles. The number of likely N-dealkylation sites (N-methyl/N-ethyl adjacent to an activating group) is 1. The van der Waals surface area contributed by atoms with Crippen molar-refractivity contribution < 1.29 is 4.79 Å². The zero-order valence-electron chi connectivity index (χ0n) is 16.4. The molecule has 3 N–H and O–H groups in total. The number of hydrogen-bond donors (Lipinski definition) is 3. The van der Waals surface area contributed by atoms with Crippen molar-refractivity contribution in [3.8, 4) is 0 Å². The number of amides is 2. The van der Waals surface area contributed by atoms with Gasteiger partial charge in [-0.2, -0.15) is 0 Å². The minimum Gasteiger partial charge on any atom is -0.368 e. The van der Waals surface area contributed by atoms with Gasteiger partial charge in [0.05, 0.1) is 11.6 Å². The third-order valence-corrected chi connectivity index (χ3v) is 4.58. The van der Waals surface area contributed by atoms with Crippen molar-refractivity contribution in [2.75, 3.05) is 39.0 Å². The highest BCUT2D eigenvalue weighted by molar-refractivity contribution is 5.80. The van der Waals surface area contributed by atoms with Gasteiger partial charge in [0, 0.05) is 25.0 Å². The zero-order chi connectivity index (χ0) is 19.8. The van der Waals surface area contributed by atoms with Crippen LogP contribution in [-0.2, 0) is 0 Å². The van der Waals surface area contributed by atoms with E-state index >= 15 is 0 Å². The lowest BCUT2D eigenvalue weighted by molar-refractivity contribution is 0.233. The van der Waals surface area contributed by atoms with Crippen molar-refractivity contribution in [2.45, 2.75) is 6.04 Å². The third kappa shape index (κ3) is 5.44. The summed E-state index contributed by atoms with van der Waals surface area (Å²) < 4.78 is 0. The number of nitrogens with zero attached hydrogens (tertiary/aromatic N) is 2. The molecule has 6 heteroatoms. The maximum Gasteiger partial charge on any atom is 0.314 e. The topological polar surface area (TPSA) is 69.3 Å². The van der Waals surface area contributed by atoms with Gasteiger partial charge in [-0.3, -0.25) is 0 Å². The first-order chi connectivity index (χ1) is 13.6. The fraction of sp³-hybridized carbons (Fsp3) is 0.273. The molecular formula is C22H27N5O. The van der Waals surface area contributed by atoms with E-state index in [1.54, 1.807) is 0 Å². The number of para-hydroxylation sites is 1. The van der Waals surface area contributed by atoms with Crippen LogP contribution < -0.4 is 16.0 Å². The Labute approximate surface area is 166 Å².